The molecule has 5 heteroatoms. The van der Waals surface area contributed by atoms with Gasteiger partial charge in [-0.3, -0.25) is 4.79 Å². The number of nitrogens with zero attached hydrogens (tertiary/aromatic N) is 1. The molecular formula is C7H9N3O2. The van der Waals surface area contributed by atoms with Crippen molar-refractivity contribution >= 4 is 11.7 Å². The summed E-state index contributed by atoms with van der Waals surface area (Å²) in [6, 6.07) is 3.02. The highest BCUT2D eigenvalue weighted by Crippen LogP contribution is 2.08. The molecule has 64 valence electrons. The lowest BCUT2D eigenvalue weighted by molar-refractivity contribution is -0.116. The number of nitrogens with two attached hydrogens (primary N) is 1. The molecule has 4 N–H and O–H groups in total. The first kappa shape index (κ1) is 8.32. The fourth-order valence-corrected chi connectivity index (χ4v) is 0.668. The van der Waals surface area contributed by atoms with Crippen LogP contribution in [0.25, 0.3) is 0 Å². The number of anilines is 1. The molecule has 0 spiro atoms. The highest BCUT2D eigenvalue weighted by atomic mass is 16.3. The summed E-state index contributed by atoms with van der Waals surface area (Å²) in [5, 5.41) is 11.5. The summed E-state index contributed by atoms with van der Waals surface area (Å²) in [6.07, 6.45) is 1.28. The molecule has 0 aliphatic rings. The van der Waals surface area contributed by atoms with E-state index in [4.69, 9.17) is 10.8 Å². The van der Waals surface area contributed by atoms with Crippen LogP contribution < -0.4 is 11.1 Å². The van der Waals surface area contributed by atoms with Gasteiger partial charge < -0.3 is 16.2 Å². The minimum absolute atomic E-state index is 0.0395. The van der Waals surface area contributed by atoms with E-state index in [-0.39, 0.29) is 12.3 Å². The normalized spacial score (nSPS) is 9.33. The lowest BCUT2D eigenvalue weighted by Crippen LogP contribution is -2.22. The van der Waals surface area contributed by atoms with Crippen LogP contribution in [0, 0.1) is 0 Å². The van der Waals surface area contributed by atoms with E-state index >= 15 is 0 Å². The number of carbonyl (C=O) groups excluding carboxylic acids is 1. The van der Waals surface area contributed by atoms with Gasteiger partial charge >= 0.3 is 0 Å². The van der Waals surface area contributed by atoms with Crippen LogP contribution in [0.3, 0.4) is 0 Å². The minimum atomic E-state index is -0.454. The lowest BCUT2D eigenvalue weighted by atomic mass is 10.4. The average molecular weight is 167 g/mol. The molecule has 1 amide bonds. The third kappa shape index (κ3) is 2.45. The summed E-state index contributed by atoms with van der Waals surface area (Å²) in [6.45, 7) is 0.0395. The fraction of sp³-hybridized carbons (Fsp3) is 0.143. The van der Waals surface area contributed by atoms with Crippen molar-refractivity contribution in [3.63, 3.8) is 0 Å². The Hall–Kier alpha value is -1.78. The number of amides is 1. The Morgan fingerprint density at radius 2 is 2.42 bits per heavy atom. The molecule has 0 saturated carbocycles. The van der Waals surface area contributed by atoms with E-state index in [1.54, 1.807) is 6.07 Å². The molecule has 12 heavy (non-hydrogen) atoms. The summed E-state index contributed by atoms with van der Waals surface area (Å²) in [7, 11) is 0. The maximum Gasteiger partial charge on any atom is 0.236 e. The van der Waals surface area contributed by atoms with Crippen molar-refractivity contribution in [2.45, 2.75) is 0 Å². The minimum Gasteiger partial charge on any atom is -0.506 e. The van der Waals surface area contributed by atoms with Gasteiger partial charge in [0.2, 0.25) is 5.91 Å². The number of rotatable bonds is 3. The summed E-state index contributed by atoms with van der Waals surface area (Å²) in [5.41, 5.74) is 4.89. The quantitative estimate of drug-likeness (QED) is 0.575. The van der Waals surface area contributed by atoms with Gasteiger partial charge in [0.15, 0.2) is 0 Å². The van der Waals surface area contributed by atoms with E-state index in [1.165, 1.54) is 12.3 Å². The Bertz CT molecular complexity index is 270. The molecule has 5 nitrogen and oxygen atoms in total. The van der Waals surface area contributed by atoms with Crippen LogP contribution in [0.5, 0.6) is 5.75 Å². The summed E-state index contributed by atoms with van der Waals surface area (Å²) in [4.78, 5) is 14.1. The van der Waals surface area contributed by atoms with Crippen molar-refractivity contribution in [3.8, 4) is 5.75 Å². The molecule has 0 aliphatic heterocycles. The van der Waals surface area contributed by atoms with Crippen molar-refractivity contribution in [2.75, 3.05) is 11.9 Å². The molecule has 0 aromatic carbocycles. The Morgan fingerprint density at radius 1 is 1.67 bits per heavy atom. The molecule has 0 radical (unpaired) electrons. The maximum atomic E-state index is 10.3. The average Bonchev–Trinajstić information content (AvgIpc) is 2.03. The van der Waals surface area contributed by atoms with Crippen molar-refractivity contribution < 1.29 is 9.90 Å². The van der Waals surface area contributed by atoms with Gasteiger partial charge in [-0.2, -0.15) is 0 Å². The monoisotopic (exact) mass is 167 g/mol. The van der Waals surface area contributed by atoms with E-state index in [9.17, 15) is 4.79 Å². The van der Waals surface area contributed by atoms with E-state index in [1.807, 2.05) is 0 Å². The van der Waals surface area contributed by atoms with Gasteiger partial charge in [-0.25, -0.2) is 4.98 Å². The standard InChI is InChI=1S/C7H9N3O2/c8-6(12)4-10-7-2-1-5(11)3-9-7/h1-3,11H,4H2,(H2,8,12)(H,9,10). The topological polar surface area (TPSA) is 88.2 Å². The second-order valence-corrected chi connectivity index (χ2v) is 2.22. The molecule has 0 saturated heterocycles. The van der Waals surface area contributed by atoms with Crippen LogP contribution in [0.2, 0.25) is 0 Å². The van der Waals surface area contributed by atoms with Crippen molar-refractivity contribution in [1.82, 2.24) is 4.98 Å². The Morgan fingerprint density at radius 3 is 2.92 bits per heavy atom. The number of primary amides is 1. The van der Waals surface area contributed by atoms with Gasteiger partial charge in [0.05, 0.1) is 12.7 Å². The van der Waals surface area contributed by atoms with Gasteiger partial charge in [0, 0.05) is 0 Å². The van der Waals surface area contributed by atoms with Gasteiger partial charge in [-0.1, -0.05) is 0 Å². The van der Waals surface area contributed by atoms with Crippen molar-refractivity contribution in [3.05, 3.63) is 18.3 Å². The third-order valence-electron chi connectivity index (χ3n) is 1.19. The first-order valence-electron chi connectivity index (χ1n) is 3.35. The molecule has 1 aromatic rings. The summed E-state index contributed by atoms with van der Waals surface area (Å²) < 4.78 is 0. The molecule has 0 fully saturated rings. The second-order valence-electron chi connectivity index (χ2n) is 2.22. The highest BCUT2D eigenvalue weighted by molar-refractivity contribution is 5.78. The molecule has 1 rings (SSSR count). The predicted molar refractivity (Wildman–Crippen MR) is 43.6 cm³/mol. The number of carbonyl (C=O) groups is 1. The van der Waals surface area contributed by atoms with Gasteiger partial charge in [-0.15, -0.1) is 0 Å². The summed E-state index contributed by atoms with van der Waals surface area (Å²) in [5.74, 6) is 0.135. The Labute approximate surface area is 69.2 Å². The number of aromatic hydroxyl groups is 1. The Kier molecular flexibility index (Phi) is 2.47. The first-order valence-corrected chi connectivity index (χ1v) is 3.35. The Balaban J connectivity index is 2.53. The smallest absolute Gasteiger partial charge is 0.236 e. The van der Waals surface area contributed by atoms with Gasteiger partial charge in [0.1, 0.15) is 11.6 Å². The molecular weight excluding hydrogens is 158 g/mol. The molecule has 0 unspecified atom stereocenters. The zero-order valence-electron chi connectivity index (χ0n) is 6.32. The zero-order valence-corrected chi connectivity index (χ0v) is 6.32. The number of aromatic nitrogens is 1. The zero-order chi connectivity index (χ0) is 8.97. The van der Waals surface area contributed by atoms with E-state index in [0.29, 0.717) is 5.82 Å². The fourth-order valence-electron chi connectivity index (χ4n) is 0.668. The molecule has 1 aromatic heterocycles. The molecule has 1 heterocycles. The van der Waals surface area contributed by atoms with Crippen LogP contribution in [0.15, 0.2) is 18.3 Å². The lowest BCUT2D eigenvalue weighted by Gasteiger charge is -2.01. The second kappa shape index (κ2) is 3.56. The SMILES string of the molecule is NC(=O)CNc1ccc(O)cn1. The third-order valence-corrected chi connectivity index (χ3v) is 1.19. The van der Waals surface area contributed by atoms with Crippen LogP contribution in [0.4, 0.5) is 5.82 Å². The number of hydrogen-bond acceptors (Lipinski definition) is 4. The number of pyridine rings is 1. The van der Waals surface area contributed by atoms with Gasteiger partial charge in [0.25, 0.3) is 0 Å². The number of nitrogens with one attached hydrogen (secondary N) is 1. The van der Waals surface area contributed by atoms with Gasteiger partial charge in [-0.05, 0) is 12.1 Å². The first-order chi connectivity index (χ1) is 5.68. The van der Waals surface area contributed by atoms with Crippen LogP contribution in [-0.2, 0) is 4.79 Å². The maximum absolute atomic E-state index is 10.3. The van der Waals surface area contributed by atoms with Crippen molar-refractivity contribution in [2.24, 2.45) is 5.73 Å². The summed E-state index contributed by atoms with van der Waals surface area (Å²) >= 11 is 0. The predicted octanol–water partition coefficient (Wildman–Crippen LogP) is -0.316. The largest absolute Gasteiger partial charge is 0.506 e. The molecule has 0 atom stereocenters. The van der Waals surface area contributed by atoms with E-state index in [2.05, 4.69) is 10.3 Å². The molecule has 0 aliphatic carbocycles. The van der Waals surface area contributed by atoms with Crippen LogP contribution >= 0.6 is 0 Å². The van der Waals surface area contributed by atoms with E-state index < -0.39 is 5.91 Å². The van der Waals surface area contributed by atoms with Crippen molar-refractivity contribution in [1.29, 1.82) is 0 Å². The van der Waals surface area contributed by atoms with Crippen LogP contribution in [0.1, 0.15) is 0 Å². The van der Waals surface area contributed by atoms with Crippen LogP contribution in [-0.4, -0.2) is 22.5 Å². The molecule has 0 bridgehead atoms. The number of hydrogen-bond donors (Lipinski definition) is 3. The highest BCUT2D eigenvalue weighted by Gasteiger charge is 1.95. The van der Waals surface area contributed by atoms with E-state index in [0.717, 1.165) is 0 Å².